The number of amides is 1. The molecule has 3 aromatic rings. The predicted molar refractivity (Wildman–Crippen MR) is 94.4 cm³/mol. The molecule has 1 unspecified atom stereocenters. The van der Waals surface area contributed by atoms with Crippen LogP contribution in [0.3, 0.4) is 0 Å². The number of alkyl halides is 2. The number of benzene rings is 1. The van der Waals surface area contributed by atoms with E-state index in [4.69, 9.17) is 0 Å². The van der Waals surface area contributed by atoms with Crippen molar-refractivity contribution in [2.24, 2.45) is 0 Å². The molecule has 0 aliphatic heterocycles. The Morgan fingerprint density at radius 2 is 2.08 bits per heavy atom. The summed E-state index contributed by atoms with van der Waals surface area (Å²) in [7, 11) is 0. The average molecular weight is 380 g/mol. The lowest BCUT2D eigenvalue weighted by Crippen LogP contribution is -2.26. The summed E-state index contributed by atoms with van der Waals surface area (Å²) in [5, 5.41) is 7.26. The molecule has 1 amide bonds. The highest BCUT2D eigenvalue weighted by Gasteiger charge is 2.16. The van der Waals surface area contributed by atoms with E-state index in [1.807, 2.05) is 17.5 Å². The first-order valence-electron chi connectivity index (χ1n) is 7.38. The number of rotatable bonds is 6. The monoisotopic (exact) mass is 380 g/mol. The van der Waals surface area contributed by atoms with Crippen LogP contribution < -0.4 is 10.1 Å². The fourth-order valence-electron chi connectivity index (χ4n) is 2.21. The van der Waals surface area contributed by atoms with E-state index in [2.05, 4.69) is 15.0 Å². The number of nitrogens with zero attached hydrogens (tertiary/aromatic N) is 1. The maximum atomic E-state index is 12.4. The zero-order chi connectivity index (χ0) is 17.8. The van der Waals surface area contributed by atoms with Gasteiger partial charge in [0.1, 0.15) is 16.5 Å². The number of halogens is 2. The molecule has 2 aromatic heterocycles. The van der Waals surface area contributed by atoms with Crippen molar-refractivity contribution in [1.29, 1.82) is 0 Å². The summed E-state index contributed by atoms with van der Waals surface area (Å²) in [5.41, 5.74) is 1.00. The van der Waals surface area contributed by atoms with E-state index in [9.17, 15) is 13.6 Å². The van der Waals surface area contributed by atoms with Gasteiger partial charge in [-0.25, -0.2) is 4.98 Å². The Hall–Kier alpha value is -2.32. The van der Waals surface area contributed by atoms with Gasteiger partial charge in [-0.15, -0.1) is 22.7 Å². The second-order valence-electron chi connectivity index (χ2n) is 5.16. The van der Waals surface area contributed by atoms with Gasteiger partial charge in [0.05, 0.1) is 10.9 Å². The summed E-state index contributed by atoms with van der Waals surface area (Å²) in [6, 6.07) is 9.77. The Balaban J connectivity index is 1.68. The molecule has 0 aliphatic rings. The third-order valence-electron chi connectivity index (χ3n) is 3.40. The van der Waals surface area contributed by atoms with Gasteiger partial charge in [0.25, 0.3) is 5.91 Å². The second kappa shape index (κ2) is 7.71. The lowest BCUT2D eigenvalue weighted by molar-refractivity contribution is -0.0499. The van der Waals surface area contributed by atoms with E-state index < -0.39 is 6.61 Å². The molecule has 3 rings (SSSR count). The number of thiazole rings is 1. The number of carbonyl (C=O) groups is 1. The Labute approximate surface area is 151 Å². The maximum Gasteiger partial charge on any atom is 0.387 e. The van der Waals surface area contributed by atoms with Crippen LogP contribution in [-0.4, -0.2) is 17.5 Å². The Morgan fingerprint density at radius 1 is 1.24 bits per heavy atom. The molecule has 0 saturated carbocycles. The molecule has 4 nitrogen and oxygen atoms in total. The fourth-order valence-corrected chi connectivity index (χ4v) is 3.82. The second-order valence-corrected chi connectivity index (χ2v) is 6.97. The van der Waals surface area contributed by atoms with Crippen molar-refractivity contribution in [3.8, 4) is 15.6 Å². The minimum absolute atomic E-state index is 0.0576. The van der Waals surface area contributed by atoms with Gasteiger partial charge in [-0.2, -0.15) is 8.78 Å². The Kier molecular flexibility index (Phi) is 5.40. The van der Waals surface area contributed by atoms with Crippen LogP contribution in [0.2, 0.25) is 0 Å². The van der Waals surface area contributed by atoms with Crippen LogP contribution in [0.25, 0.3) is 9.88 Å². The van der Waals surface area contributed by atoms with E-state index in [-0.39, 0.29) is 17.7 Å². The smallest absolute Gasteiger partial charge is 0.387 e. The van der Waals surface area contributed by atoms with Crippen molar-refractivity contribution in [1.82, 2.24) is 10.3 Å². The normalized spacial score (nSPS) is 12.2. The van der Waals surface area contributed by atoms with Crippen molar-refractivity contribution in [3.05, 3.63) is 58.4 Å². The van der Waals surface area contributed by atoms with Gasteiger partial charge in [-0.05, 0) is 36.1 Å². The van der Waals surface area contributed by atoms with E-state index in [1.165, 1.54) is 23.5 Å². The summed E-state index contributed by atoms with van der Waals surface area (Å²) >= 11 is 2.96. The van der Waals surface area contributed by atoms with Gasteiger partial charge < -0.3 is 10.1 Å². The van der Waals surface area contributed by atoms with Gasteiger partial charge in [0.15, 0.2) is 0 Å². The highest BCUT2D eigenvalue weighted by Crippen LogP contribution is 2.28. The molecule has 25 heavy (non-hydrogen) atoms. The Bertz CT molecular complexity index is 850. The van der Waals surface area contributed by atoms with Crippen LogP contribution in [-0.2, 0) is 0 Å². The molecule has 1 N–H and O–H groups in total. The molecular weight excluding hydrogens is 366 g/mol. The molecule has 2 heterocycles. The molecular formula is C17H14F2N2O2S2. The van der Waals surface area contributed by atoms with E-state index >= 15 is 0 Å². The van der Waals surface area contributed by atoms with Gasteiger partial charge >= 0.3 is 6.61 Å². The number of nitrogens with one attached hydrogen (secondary N) is 1. The first-order chi connectivity index (χ1) is 12.0. The minimum atomic E-state index is -2.88. The zero-order valence-electron chi connectivity index (χ0n) is 13.1. The lowest BCUT2D eigenvalue weighted by atomic mass is 10.1. The largest absolute Gasteiger partial charge is 0.435 e. The molecule has 0 fully saturated rings. The number of thiophene rings is 1. The summed E-state index contributed by atoms with van der Waals surface area (Å²) in [4.78, 5) is 17.7. The molecule has 0 bridgehead atoms. The highest BCUT2D eigenvalue weighted by molar-refractivity contribution is 7.20. The highest BCUT2D eigenvalue weighted by atomic mass is 32.1. The van der Waals surface area contributed by atoms with Gasteiger partial charge in [-0.1, -0.05) is 18.2 Å². The SMILES string of the molecule is CC(NC(=O)c1csc(-c2cccs2)n1)c1cccc(OC(F)F)c1. The van der Waals surface area contributed by atoms with E-state index in [0.717, 1.165) is 9.88 Å². The molecule has 0 saturated heterocycles. The standard InChI is InChI=1S/C17H14F2N2O2S2/c1-10(11-4-2-5-12(8-11)23-17(18)19)20-15(22)13-9-25-16(21-13)14-6-3-7-24-14/h2-10,17H,1H3,(H,20,22). The number of carbonyl (C=O) groups excluding carboxylic acids is 1. The van der Waals surface area contributed by atoms with E-state index in [0.29, 0.717) is 11.3 Å². The summed E-state index contributed by atoms with van der Waals surface area (Å²) in [6.07, 6.45) is 0. The quantitative estimate of drug-likeness (QED) is 0.657. The topological polar surface area (TPSA) is 51.2 Å². The summed E-state index contributed by atoms with van der Waals surface area (Å²) < 4.78 is 29.0. The third kappa shape index (κ3) is 4.40. The molecule has 1 atom stereocenters. The minimum Gasteiger partial charge on any atom is -0.435 e. The van der Waals surface area contributed by atoms with Crippen LogP contribution in [0, 0.1) is 0 Å². The number of hydrogen-bond acceptors (Lipinski definition) is 5. The molecule has 0 spiro atoms. The van der Waals surface area contributed by atoms with Gasteiger partial charge in [-0.3, -0.25) is 4.79 Å². The van der Waals surface area contributed by atoms with Crippen molar-refractivity contribution in [3.63, 3.8) is 0 Å². The number of hydrogen-bond donors (Lipinski definition) is 1. The molecule has 0 aliphatic carbocycles. The first kappa shape index (κ1) is 17.5. The van der Waals surface area contributed by atoms with Crippen LogP contribution in [0.5, 0.6) is 5.75 Å². The van der Waals surface area contributed by atoms with Crippen molar-refractivity contribution >= 4 is 28.6 Å². The van der Waals surface area contributed by atoms with Crippen molar-refractivity contribution in [2.45, 2.75) is 19.6 Å². The molecule has 0 radical (unpaired) electrons. The first-order valence-corrected chi connectivity index (χ1v) is 9.14. The van der Waals surface area contributed by atoms with Crippen molar-refractivity contribution < 1.29 is 18.3 Å². The van der Waals surface area contributed by atoms with E-state index in [1.54, 1.807) is 35.8 Å². The average Bonchev–Trinajstić information content (AvgIpc) is 3.25. The maximum absolute atomic E-state index is 12.4. The van der Waals surface area contributed by atoms with Crippen LogP contribution >= 0.6 is 22.7 Å². The number of aromatic nitrogens is 1. The van der Waals surface area contributed by atoms with Crippen LogP contribution in [0.1, 0.15) is 29.0 Å². The predicted octanol–water partition coefficient (Wildman–Crippen LogP) is 4.96. The lowest BCUT2D eigenvalue weighted by Gasteiger charge is -2.14. The summed E-state index contributed by atoms with van der Waals surface area (Å²) in [6.45, 7) is -1.11. The summed E-state index contributed by atoms with van der Waals surface area (Å²) in [5.74, 6) is -0.256. The molecule has 1 aromatic carbocycles. The van der Waals surface area contributed by atoms with Crippen LogP contribution in [0.4, 0.5) is 8.78 Å². The zero-order valence-corrected chi connectivity index (χ0v) is 14.7. The van der Waals surface area contributed by atoms with Gasteiger partial charge in [0.2, 0.25) is 0 Å². The van der Waals surface area contributed by atoms with Crippen molar-refractivity contribution in [2.75, 3.05) is 0 Å². The van der Waals surface area contributed by atoms with Crippen LogP contribution in [0.15, 0.2) is 47.2 Å². The third-order valence-corrected chi connectivity index (χ3v) is 5.28. The number of ether oxygens (including phenoxy) is 1. The molecule has 130 valence electrons. The molecule has 8 heteroatoms. The fraction of sp³-hybridized carbons (Fsp3) is 0.176. The van der Waals surface area contributed by atoms with Gasteiger partial charge in [0, 0.05) is 5.38 Å². The Morgan fingerprint density at radius 3 is 2.80 bits per heavy atom.